The number of aromatic nitrogens is 3. The maximum atomic E-state index is 12.9. The van der Waals surface area contributed by atoms with Crippen molar-refractivity contribution in [2.75, 3.05) is 20.2 Å². The number of carbonyl (C=O) groups is 1. The van der Waals surface area contributed by atoms with Crippen LogP contribution in [-0.2, 0) is 11.2 Å². The number of hydrogen-bond donors (Lipinski definition) is 1. The van der Waals surface area contributed by atoms with Crippen molar-refractivity contribution in [2.45, 2.75) is 20.3 Å². The molecule has 0 aliphatic heterocycles. The minimum atomic E-state index is -0.354. The van der Waals surface area contributed by atoms with Crippen LogP contribution in [0.5, 0.6) is 5.75 Å². The minimum Gasteiger partial charge on any atom is -0.484 e. The largest absolute Gasteiger partial charge is 0.484 e. The molecule has 1 N–H and O–H groups in total. The molecule has 0 aliphatic carbocycles. The topological polar surface area (TPSA) is 84.2 Å². The summed E-state index contributed by atoms with van der Waals surface area (Å²) in [4.78, 5) is 21.6. The molecule has 4 rings (SSSR count). The zero-order valence-corrected chi connectivity index (χ0v) is 17.6. The van der Waals surface area contributed by atoms with Crippen molar-refractivity contribution in [1.29, 1.82) is 0 Å². The molecule has 0 unspecified atom stereocenters. The monoisotopic (exact) mass is 422 g/mol. The van der Waals surface area contributed by atoms with Crippen LogP contribution in [0, 0.1) is 19.7 Å². The van der Waals surface area contributed by atoms with Gasteiger partial charge in [0.2, 0.25) is 0 Å². The molecular formula is C23H23FN4O3. The summed E-state index contributed by atoms with van der Waals surface area (Å²) in [5.41, 5.74) is 4.06. The molecule has 0 saturated heterocycles. The molecule has 0 saturated carbocycles. The van der Waals surface area contributed by atoms with E-state index in [1.54, 1.807) is 7.05 Å². The van der Waals surface area contributed by atoms with E-state index in [-0.39, 0.29) is 18.3 Å². The van der Waals surface area contributed by atoms with Gasteiger partial charge in [-0.1, -0.05) is 16.8 Å². The smallest absolute Gasteiger partial charge is 0.274 e. The number of likely N-dealkylation sites (N-methyl/N-ethyl adjacent to an activating group) is 1. The summed E-state index contributed by atoms with van der Waals surface area (Å²) in [6.45, 7) is 4.35. The lowest BCUT2D eigenvalue weighted by molar-refractivity contribution is -0.132. The number of amides is 1. The van der Waals surface area contributed by atoms with Gasteiger partial charge in [-0.05, 0) is 55.8 Å². The molecule has 8 heteroatoms. The van der Waals surface area contributed by atoms with Crippen molar-refractivity contribution < 1.29 is 18.4 Å². The predicted octanol–water partition coefficient (Wildman–Crippen LogP) is 4.05. The van der Waals surface area contributed by atoms with Gasteiger partial charge in [0, 0.05) is 30.9 Å². The number of halogens is 1. The summed E-state index contributed by atoms with van der Waals surface area (Å²) in [5.74, 6) is 0.830. The van der Waals surface area contributed by atoms with Crippen LogP contribution in [0.15, 0.2) is 47.0 Å². The second-order valence-corrected chi connectivity index (χ2v) is 7.50. The van der Waals surface area contributed by atoms with Crippen molar-refractivity contribution in [3.8, 4) is 17.3 Å². The van der Waals surface area contributed by atoms with Gasteiger partial charge in [0.15, 0.2) is 12.4 Å². The summed E-state index contributed by atoms with van der Waals surface area (Å²) >= 11 is 0. The Kier molecular flexibility index (Phi) is 5.70. The van der Waals surface area contributed by atoms with Crippen LogP contribution in [-0.4, -0.2) is 46.1 Å². The second kappa shape index (κ2) is 8.59. The van der Waals surface area contributed by atoms with Crippen LogP contribution < -0.4 is 4.74 Å². The number of aryl methyl sites for hydroxylation is 2. The lowest BCUT2D eigenvalue weighted by Gasteiger charge is -2.16. The van der Waals surface area contributed by atoms with Crippen LogP contribution >= 0.6 is 0 Å². The van der Waals surface area contributed by atoms with Crippen LogP contribution in [0.1, 0.15) is 17.0 Å². The predicted molar refractivity (Wildman–Crippen MR) is 114 cm³/mol. The Hall–Kier alpha value is -3.68. The molecule has 4 aromatic rings. The molecule has 0 radical (unpaired) electrons. The molecule has 2 aromatic carbocycles. The molecule has 0 fully saturated rings. The number of nitrogens with zero attached hydrogens (tertiary/aromatic N) is 3. The molecule has 1 amide bonds. The third-order valence-corrected chi connectivity index (χ3v) is 5.17. The quantitative estimate of drug-likeness (QED) is 0.486. The van der Waals surface area contributed by atoms with Crippen molar-refractivity contribution in [3.05, 3.63) is 65.2 Å². The number of hydrogen-bond acceptors (Lipinski definition) is 5. The highest BCUT2D eigenvalue weighted by Crippen LogP contribution is 2.29. The number of ether oxygens (including phenoxy) is 1. The van der Waals surface area contributed by atoms with Gasteiger partial charge in [-0.2, -0.15) is 4.98 Å². The summed E-state index contributed by atoms with van der Waals surface area (Å²) in [7, 11) is 1.68. The third-order valence-electron chi connectivity index (χ3n) is 5.17. The van der Waals surface area contributed by atoms with E-state index in [2.05, 4.69) is 28.1 Å². The number of carbonyl (C=O) groups excluding carboxylic acids is 1. The molecule has 7 nitrogen and oxygen atoms in total. The molecule has 0 atom stereocenters. The number of rotatable bonds is 7. The summed E-state index contributed by atoms with van der Waals surface area (Å²) in [6, 6.07) is 11.7. The fourth-order valence-electron chi connectivity index (χ4n) is 3.29. The van der Waals surface area contributed by atoms with Gasteiger partial charge in [0.1, 0.15) is 17.3 Å². The Morgan fingerprint density at radius 2 is 1.97 bits per heavy atom. The van der Waals surface area contributed by atoms with Gasteiger partial charge >= 0.3 is 0 Å². The lowest BCUT2D eigenvalue weighted by atomic mass is 10.1. The normalized spacial score (nSPS) is 11.1. The highest BCUT2D eigenvalue weighted by atomic mass is 19.1. The van der Waals surface area contributed by atoms with E-state index in [0.29, 0.717) is 30.4 Å². The Bertz CT molecular complexity index is 1210. The molecule has 0 aliphatic rings. The first-order chi connectivity index (χ1) is 14.9. The highest BCUT2D eigenvalue weighted by Gasteiger charge is 2.17. The average Bonchev–Trinajstić information content (AvgIpc) is 3.36. The first kappa shape index (κ1) is 20.6. The molecular weight excluding hydrogens is 399 g/mol. The van der Waals surface area contributed by atoms with Crippen molar-refractivity contribution >= 4 is 16.8 Å². The van der Waals surface area contributed by atoms with Gasteiger partial charge in [0.25, 0.3) is 11.8 Å². The average molecular weight is 422 g/mol. The van der Waals surface area contributed by atoms with E-state index in [4.69, 9.17) is 9.26 Å². The maximum Gasteiger partial charge on any atom is 0.274 e. The Labute approximate surface area is 178 Å². The van der Waals surface area contributed by atoms with Gasteiger partial charge in [-0.15, -0.1) is 0 Å². The zero-order chi connectivity index (χ0) is 22.0. The zero-order valence-electron chi connectivity index (χ0n) is 17.6. The van der Waals surface area contributed by atoms with E-state index in [0.717, 1.165) is 22.2 Å². The lowest BCUT2D eigenvalue weighted by Crippen LogP contribution is -2.33. The fourth-order valence-corrected chi connectivity index (χ4v) is 3.29. The van der Waals surface area contributed by atoms with Crippen molar-refractivity contribution in [3.63, 3.8) is 0 Å². The number of aromatic amines is 1. The number of benzene rings is 2. The summed E-state index contributed by atoms with van der Waals surface area (Å²) in [5, 5.41) is 5.17. The maximum absolute atomic E-state index is 12.9. The van der Waals surface area contributed by atoms with Crippen molar-refractivity contribution in [1.82, 2.24) is 20.0 Å². The first-order valence-corrected chi connectivity index (χ1v) is 9.95. The second-order valence-electron chi connectivity index (χ2n) is 7.50. The standard InChI is InChI=1S/C23H23FN4O3/c1-14-4-9-19-18(12-14)15(2)22(25-19)23-26-20(27-31-23)10-11-28(3)21(29)13-30-17-7-5-16(24)6-8-17/h4-9,12,25H,10-11,13H2,1-3H3. The van der Waals surface area contributed by atoms with Gasteiger partial charge < -0.3 is 19.1 Å². The molecule has 0 spiro atoms. The summed E-state index contributed by atoms with van der Waals surface area (Å²) < 4.78 is 23.8. The molecule has 0 bridgehead atoms. The molecule has 31 heavy (non-hydrogen) atoms. The SMILES string of the molecule is Cc1ccc2[nH]c(-c3nc(CCN(C)C(=O)COc4ccc(F)cc4)no3)c(C)c2c1. The Balaban J connectivity index is 1.35. The van der Waals surface area contributed by atoms with Gasteiger partial charge in [0.05, 0.1) is 0 Å². The summed E-state index contributed by atoms with van der Waals surface area (Å²) in [6.07, 6.45) is 0.445. The molecule has 2 aromatic heterocycles. The number of fused-ring (bicyclic) bond motifs is 1. The van der Waals surface area contributed by atoms with Crippen LogP contribution in [0.25, 0.3) is 22.5 Å². The first-order valence-electron chi connectivity index (χ1n) is 9.95. The van der Waals surface area contributed by atoms with Gasteiger partial charge in [-0.25, -0.2) is 4.39 Å². The van der Waals surface area contributed by atoms with Crippen LogP contribution in [0.3, 0.4) is 0 Å². The van der Waals surface area contributed by atoms with E-state index < -0.39 is 0 Å². The van der Waals surface area contributed by atoms with E-state index in [1.165, 1.54) is 34.7 Å². The highest BCUT2D eigenvalue weighted by molar-refractivity contribution is 5.89. The van der Waals surface area contributed by atoms with Crippen LogP contribution in [0.2, 0.25) is 0 Å². The molecule has 2 heterocycles. The fraction of sp³-hybridized carbons (Fsp3) is 0.261. The minimum absolute atomic E-state index is 0.132. The van der Waals surface area contributed by atoms with E-state index in [9.17, 15) is 9.18 Å². The Morgan fingerprint density at radius 3 is 2.74 bits per heavy atom. The van der Waals surface area contributed by atoms with E-state index >= 15 is 0 Å². The molecule has 160 valence electrons. The third kappa shape index (κ3) is 4.58. The Morgan fingerprint density at radius 1 is 1.19 bits per heavy atom. The van der Waals surface area contributed by atoms with Crippen molar-refractivity contribution in [2.24, 2.45) is 0 Å². The number of H-pyrrole nitrogens is 1. The van der Waals surface area contributed by atoms with E-state index in [1.807, 2.05) is 19.1 Å². The van der Waals surface area contributed by atoms with Crippen LogP contribution in [0.4, 0.5) is 4.39 Å². The number of nitrogens with one attached hydrogen (secondary N) is 1. The van der Waals surface area contributed by atoms with Gasteiger partial charge in [-0.3, -0.25) is 4.79 Å².